The lowest BCUT2D eigenvalue weighted by Crippen LogP contribution is -2.33. The number of halogens is 3. The van der Waals surface area contributed by atoms with Crippen LogP contribution in [0.4, 0.5) is 14.9 Å². The molecular formula is C28H26Cl2FN3O3. The van der Waals surface area contributed by atoms with Crippen molar-refractivity contribution in [2.24, 2.45) is 0 Å². The lowest BCUT2D eigenvalue weighted by Gasteiger charge is -2.20. The first-order valence-corrected chi connectivity index (χ1v) is 12.6. The average molecular weight is 542 g/mol. The second-order valence-corrected chi connectivity index (χ2v) is 9.33. The second-order valence-electron chi connectivity index (χ2n) is 8.49. The largest absolute Gasteiger partial charge is 0.415 e. The third-order valence-corrected chi connectivity index (χ3v) is 6.72. The zero-order chi connectivity index (χ0) is 26.7. The Morgan fingerprint density at radius 3 is 2.38 bits per heavy atom. The molecule has 3 aromatic carbocycles. The van der Waals surface area contributed by atoms with E-state index >= 15 is 0 Å². The van der Waals surface area contributed by atoms with E-state index in [1.54, 1.807) is 13.0 Å². The number of fused-ring (bicyclic) bond motifs is 1. The quantitative estimate of drug-likeness (QED) is 0.263. The minimum atomic E-state index is -0.746. The van der Waals surface area contributed by atoms with Gasteiger partial charge in [0.05, 0.1) is 21.8 Å². The molecule has 1 heterocycles. The van der Waals surface area contributed by atoms with E-state index in [0.29, 0.717) is 30.0 Å². The SMILES string of the molecule is CCN(CC)C(=O)Oc1ccc2c(ccn2Cc2ccc(Cl)cc2)c1NC(=O)c1c(Cl)ccc(C)c1F. The lowest BCUT2D eigenvalue weighted by molar-refractivity contribution is 0.102. The number of amides is 2. The molecule has 0 aliphatic rings. The third-order valence-electron chi connectivity index (χ3n) is 6.15. The number of aromatic nitrogens is 1. The highest BCUT2D eigenvalue weighted by Crippen LogP contribution is 2.36. The van der Waals surface area contributed by atoms with Crippen molar-refractivity contribution in [3.63, 3.8) is 0 Å². The maximum atomic E-state index is 14.9. The van der Waals surface area contributed by atoms with Crippen molar-refractivity contribution in [3.8, 4) is 5.75 Å². The normalized spacial score (nSPS) is 11.0. The fraction of sp³-hybridized carbons (Fsp3) is 0.214. The number of carbonyl (C=O) groups is 2. The van der Waals surface area contributed by atoms with Crippen LogP contribution in [0.3, 0.4) is 0 Å². The number of nitrogens with zero attached hydrogens (tertiary/aromatic N) is 2. The van der Waals surface area contributed by atoms with E-state index < -0.39 is 17.8 Å². The number of hydrogen-bond acceptors (Lipinski definition) is 3. The molecule has 0 saturated heterocycles. The van der Waals surface area contributed by atoms with Crippen LogP contribution in [0.25, 0.3) is 10.9 Å². The Kier molecular flexibility index (Phi) is 8.05. The Labute approximate surface area is 224 Å². The summed E-state index contributed by atoms with van der Waals surface area (Å²) in [6, 6.07) is 15.7. The van der Waals surface area contributed by atoms with Crippen LogP contribution in [0.1, 0.15) is 35.3 Å². The van der Waals surface area contributed by atoms with Gasteiger partial charge >= 0.3 is 6.09 Å². The zero-order valence-electron chi connectivity index (χ0n) is 20.6. The molecule has 0 saturated carbocycles. The van der Waals surface area contributed by atoms with Gasteiger partial charge in [0.1, 0.15) is 5.82 Å². The Morgan fingerprint density at radius 2 is 1.70 bits per heavy atom. The van der Waals surface area contributed by atoms with Gasteiger partial charge in [-0.15, -0.1) is 0 Å². The van der Waals surface area contributed by atoms with E-state index in [1.807, 2.05) is 61.0 Å². The molecule has 0 unspecified atom stereocenters. The Bertz CT molecular complexity index is 1460. The highest BCUT2D eigenvalue weighted by molar-refractivity contribution is 6.34. The molecule has 0 radical (unpaired) electrons. The van der Waals surface area contributed by atoms with Crippen molar-refractivity contribution in [2.45, 2.75) is 27.3 Å². The number of benzene rings is 3. The van der Waals surface area contributed by atoms with Gasteiger partial charge < -0.3 is 19.5 Å². The van der Waals surface area contributed by atoms with Crippen molar-refractivity contribution < 1.29 is 18.7 Å². The van der Waals surface area contributed by atoms with E-state index in [9.17, 15) is 14.0 Å². The van der Waals surface area contributed by atoms with Gasteiger partial charge in [-0.2, -0.15) is 0 Å². The van der Waals surface area contributed by atoms with E-state index in [-0.39, 0.29) is 27.6 Å². The number of rotatable bonds is 7. The van der Waals surface area contributed by atoms with E-state index in [0.717, 1.165) is 11.1 Å². The number of nitrogens with one attached hydrogen (secondary N) is 1. The van der Waals surface area contributed by atoms with Gasteiger partial charge in [-0.05, 0) is 68.3 Å². The van der Waals surface area contributed by atoms with Crippen LogP contribution in [-0.4, -0.2) is 34.6 Å². The molecule has 192 valence electrons. The third kappa shape index (κ3) is 5.58. The summed E-state index contributed by atoms with van der Waals surface area (Å²) >= 11 is 12.2. The number of carbonyl (C=O) groups excluding carboxylic acids is 2. The highest BCUT2D eigenvalue weighted by Gasteiger charge is 2.23. The lowest BCUT2D eigenvalue weighted by atomic mass is 10.1. The monoisotopic (exact) mass is 541 g/mol. The molecule has 37 heavy (non-hydrogen) atoms. The summed E-state index contributed by atoms with van der Waals surface area (Å²) < 4.78 is 22.5. The van der Waals surface area contributed by atoms with Gasteiger partial charge in [-0.25, -0.2) is 9.18 Å². The average Bonchev–Trinajstić information content (AvgIpc) is 3.28. The molecule has 0 aliphatic carbocycles. The molecule has 0 bridgehead atoms. The van der Waals surface area contributed by atoms with Crippen molar-refractivity contribution >= 4 is 51.8 Å². The second kappa shape index (κ2) is 11.2. The predicted molar refractivity (Wildman–Crippen MR) is 146 cm³/mol. The van der Waals surface area contributed by atoms with Crippen molar-refractivity contribution in [1.82, 2.24) is 9.47 Å². The molecule has 9 heteroatoms. The van der Waals surface area contributed by atoms with Crippen molar-refractivity contribution in [1.29, 1.82) is 0 Å². The molecule has 2 amide bonds. The van der Waals surface area contributed by atoms with Crippen molar-refractivity contribution in [3.05, 3.63) is 93.3 Å². The fourth-order valence-electron chi connectivity index (χ4n) is 4.07. The zero-order valence-corrected chi connectivity index (χ0v) is 22.2. The standard InChI is InChI=1S/C28H26Cl2FN3O3/c1-4-33(5-2)28(36)37-23-13-12-22-20(14-15-34(22)16-18-7-9-19(29)10-8-18)26(23)32-27(35)24-21(30)11-6-17(3)25(24)31/h6-15H,4-5,16H2,1-3H3,(H,32,35). The first-order valence-electron chi connectivity index (χ1n) is 11.8. The molecule has 4 rings (SSSR count). The van der Waals surface area contributed by atoms with E-state index in [4.69, 9.17) is 27.9 Å². The first-order chi connectivity index (χ1) is 17.7. The van der Waals surface area contributed by atoms with Crippen LogP contribution < -0.4 is 10.1 Å². The first kappa shape index (κ1) is 26.5. The van der Waals surface area contributed by atoms with Crippen LogP contribution in [0.5, 0.6) is 5.75 Å². The number of anilines is 1. The summed E-state index contributed by atoms with van der Waals surface area (Å²) in [5.74, 6) is -1.31. The topological polar surface area (TPSA) is 63.6 Å². The number of aryl methyl sites for hydroxylation is 1. The van der Waals surface area contributed by atoms with Gasteiger partial charge in [0.15, 0.2) is 5.75 Å². The van der Waals surface area contributed by atoms with Crippen LogP contribution >= 0.6 is 23.2 Å². The van der Waals surface area contributed by atoms with Gasteiger partial charge in [0, 0.05) is 36.2 Å². The smallest absolute Gasteiger partial charge is 0.408 e. The minimum absolute atomic E-state index is 0.0187. The Morgan fingerprint density at radius 1 is 1.00 bits per heavy atom. The molecule has 0 atom stereocenters. The summed E-state index contributed by atoms with van der Waals surface area (Å²) in [4.78, 5) is 27.5. The highest BCUT2D eigenvalue weighted by atomic mass is 35.5. The summed E-state index contributed by atoms with van der Waals surface area (Å²) in [6.07, 6.45) is 1.31. The van der Waals surface area contributed by atoms with Crippen LogP contribution in [0, 0.1) is 12.7 Å². The summed E-state index contributed by atoms with van der Waals surface area (Å²) in [5, 5.41) is 4.00. The number of hydrogen-bond donors (Lipinski definition) is 1. The van der Waals surface area contributed by atoms with Crippen LogP contribution in [0.15, 0.2) is 60.8 Å². The molecule has 0 fully saturated rings. The Balaban J connectivity index is 1.78. The predicted octanol–water partition coefficient (Wildman–Crippen LogP) is 7.54. The molecule has 1 aromatic heterocycles. The van der Waals surface area contributed by atoms with Crippen LogP contribution in [-0.2, 0) is 6.54 Å². The molecule has 0 spiro atoms. The van der Waals surface area contributed by atoms with Gasteiger partial charge in [0.25, 0.3) is 5.91 Å². The van der Waals surface area contributed by atoms with Crippen molar-refractivity contribution in [2.75, 3.05) is 18.4 Å². The molecule has 1 N–H and O–H groups in total. The molecular weight excluding hydrogens is 516 g/mol. The van der Waals surface area contributed by atoms with E-state index in [2.05, 4.69) is 5.32 Å². The minimum Gasteiger partial charge on any atom is -0.408 e. The Hall–Kier alpha value is -3.55. The van der Waals surface area contributed by atoms with Crippen LogP contribution in [0.2, 0.25) is 10.0 Å². The molecule has 4 aromatic rings. The van der Waals surface area contributed by atoms with Gasteiger partial charge in [-0.1, -0.05) is 41.4 Å². The van der Waals surface area contributed by atoms with Gasteiger partial charge in [-0.3, -0.25) is 4.79 Å². The van der Waals surface area contributed by atoms with E-state index in [1.165, 1.54) is 17.0 Å². The summed E-state index contributed by atoms with van der Waals surface area (Å²) in [7, 11) is 0. The maximum absolute atomic E-state index is 14.9. The fourth-order valence-corrected chi connectivity index (χ4v) is 4.43. The molecule has 0 aliphatic heterocycles. The number of ether oxygens (including phenoxy) is 1. The molecule has 6 nitrogen and oxygen atoms in total. The summed E-state index contributed by atoms with van der Waals surface area (Å²) in [6.45, 7) is 6.70. The maximum Gasteiger partial charge on any atom is 0.415 e. The van der Waals surface area contributed by atoms with Gasteiger partial charge in [0.2, 0.25) is 0 Å². The summed E-state index contributed by atoms with van der Waals surface area (Å²) in [5.41, 5.74) is 2.06.